The number of hydrogen-bond donors (Lipinski definition) is 1. The van der Waals surface area contributed by atoms with E-state index in [1.807, 2.05) is 9.58 Å². The molecule has 0 saturated carbocycles. The summed E-state index contributed by atoms with van der Waals surface area (Å²) in [6.07, 6.45) is 5.26. The Bertz CT molecular complexity index is 862. The van der Waals surface area contributed by atoms with Gasteiger partial charge in [-0.2, -0.15) is 5.10 Å². The average Bonchev–Trinajstić information content (AvgIpc) is 3.29. The zero-order chi connectivity index (χ0) is 19.7. The summed E-state index contributed by atoms with van der Waals surface area (Å²) in [4.78, 5) is 15.3. The van der Waals surface area contributed by atoms with E-state index >= 15 is 0 Å². The molecule has 5 heteroatoms. The van der Waals surface area contributed by atoms with Gasteiger partial charge in [-0.1, -0.05) is 24.6 Å². The minimum Gasteiger partial charge on any atom is -0.337 e. The van der Waals surface area contributed by atoms with Crippen LogP contribution in [0, 0.1) is 19.8 Å². The first-order valence-corrected chi connectivity index (χ1v) is 10.8. The molecule has 1 aliphatic carbocycles. The molecule has 28 heavy (non-hydrogen) atoms. The van der Waals surface area contributed by atoms with Crippen molar-refractivity contribution >= 4 is 5.91 Å². The van der Waals surface area contributed by atoms with Crippen molar-refractivity contribution in [2.75, 3.05) is 26.2 Å². The van der Waals surface area contributed by atoms with Gasteiger partial charge in [0.15, 0.2) is 5.69 Å². The normalized spacial score (nSPS) is 17.2. The van der Waals surface area contributed by atoms with E-state index in [2.05, 4.69) is 44.3 Å². The molecule has 0 spiro atoms. The highest BCUT2D eigenvalue weighted by molar-refractivity contribution is 5.94. The molecule has 1 aliphatic heterocycles. The fourth-order valence-electron chi connectivity index (χ4n) is 4.69. The molecule has 1 aromatic heterocycles. The number of piperidine rings is 1. The van der Waals surface area contributed by atoms with Gasteiger partial charge in [0.2, 0.25) is 0 Å². The number of nitrogens with one attached hydrogen (secondary N) is 1. The van der Waals surface area contributed by atoms with Gasteiger partial charge in [0, 0.05) is 24.3 Å². The minimum atomic E-state index is 0.128. The molecule has 0 bridgehead atoms. The summed E-state index contributed by atoms with van der Waals surface area (Å²) in [5.41, 5.74) is 6.67. The lowest BCUT2D eigenvalue weighted by Gasteiger charge is -2.31. The summed E-state index contributed by atoms with van der Waals surface area (Å²) in [7, 11) is 0. The maximum atomic E-state index is 13.3. The zero-order valence-electron chi connectivity index (χ0n) is 17.4. The largest absolute Gasteiger partial charge is 0.337 e. The van der Waals surface area contributed by atoms with Crippen molar-refractivity contribution in [3.8, 4) is 5.69 Å². The van der Waals surface area contributed by atoms with Crippen molar-refractivity contribution in [3.05, 3.63) is 46.3 Å². The Hall–Kier alpha value is -2.14. The zero-order valence-corrected chi connectivity index (χ0v) is 17.4. The van der Waals surface area contributed by atoms with Crippen LogP contribution in [0.4, 0.5) is 0 Å². The fourth-order valence-corrected chi connectivity index (χ4v) is 4.69. The lowest BCUT2D eigenvalue weighted by Crippen LogP contribution is -2.41. The molecule has 5 nitrogen and oxygen atoms in total. The van der Waals surface area contributed by atoms with Crippen LogP contribution in [0.5, 0.6) is 0 Å². The van der Waals surface area contributed by atoms with Crippen LogP contribution in [0.25, 0.3) is 5.69 Å². The Morgan fingerprint density at radius 1 is 1.21 bits per heavy atom. The number of benzene rings is 1. The Morgan fingerprint density at radius 2 is 2.00 bits per heavy atom. The lowest BCUT2D eigenvalue weighted by molar-refractivity contribution is 0.0682. The maximum Gasteiger partial charge on any atom is 0.274 e. The first-order chi connectivity index (χ1) is 13.6. The van der Waals surface area contributed by atoms with Crippen molar-refractivity contribution in [1.82, 2.24) is 20.0 Å². The van der Waals surface area contributed by atoms with Gasteiger partial charge in [-0.25, -0.2) is 4.68 Å². The van der Waals surface area contributed by atoms with Crippen LogP contribution in [0.3, 0.4) is 0 Å². The van der Waals surface area contributed by atoms with Gasteiger partial charge in [0.1, 0.15) is 0 Å². The topological polar surface area (TPSA) is 50.2 Å². The van der Waals surface area contributed by atoms with E-state index < -0.39 is 0 Å². The van der Waals surface area contributed by atoms with Crippen molar-refractivity contribution in [3.63, 3.8) is 0 Å². The van der Waals surface area contributed by atoms with Gasteiger partial charge in [-0.15, -0.1) is 0 Å². The molecule has 150 valence electrons. The number of carbonyl (C=O) groups is 1. The number of carbonyl (C=O) groups excluding carboxylic acids is 1. The number of hydrogen-bond acceptors (Lipinski definition) is 3. The third kappa shape index (κ3) is 3.60. The lowest BCUT2D eigenvalue weighted by atomic mass is 9.96. The molecule has 1 aromatic carbocycles. The monoisotopic (exact) mass is 380 g/mol. The number of nitrogens with zero attached hydrogens (tertiary/aromatic N) is 3. The van der Waals surface area contributed by atoms with Crippen LogP contribution in [0.2, 0.25) is 0 Å². The summed E-state index contributed by atoms with van der Waals surface area (Å²) in [6.45, 7) is 10.2. The molecular formula is C23H32N4O. The predicted octanol–water partition coefficient (Wildman–Crippen LogP) is 3.44. The molecule has 1 saturated heterocycles. The van der Waals surface area contributed by atoms with Gasteiger partial charge in [-0.3, -0.25) is 4.79 Å². The Labute approximate surface area is 168 Å². The Balaban J connectivity index is 1.57. The summed E-state index contributed by atoms with van der Waals surface area (Å²) in [5.74, 6) is 0.811. The summed E-state index contributed by atoms with van der Waals surface area (Å²) >= 11 is 0. The second-order valence-electron chi connectivity index (χ2n) is 8.37. The summed E-state index contributed by atoms with van der Waals surface area (Å²) < 4.78 is 2.04. The van der Waals surface area contributed by atoms with Crippen LogP contribution in [0.1, 0.15) is 59.1 Å². The van der Waals surface area contributed by atoms with E-state index in [1.54, 1.807) is 0 Å². The van der Waals surface area contributed by atoms with Gasteiger partial charge in [-0.05, 0) is 76.6 Å². The minimum absolute atomic E-state index is 0.128. The standard InChI is InChI=1S/C23H32N4O/c1-4-24-15-18-10-12-26(13-11-18)23(28)22-19-6-5-7-21(19)27(25-22)20-9-8-16(2)14-17(20)3/h8-9,14,18,24H,4-7,10-13,15H2,1-3H3. The Morgan fingerprint density at radius 3 is 2.71 bits per heavy atom. The first-order valence-electron chi connectivity index (χ1n) is 10.8. The highest BCUT2D eigenvalue weighted by atomic mass is 16.2. The van der Waals surface area contributed by atoms with E-state index in [9.17, 15) is 4.79 Å². The van der Waals surface area contributed by atoms with Crippen molar-refractivity contribution in [2.24, 2.45) is 5.92 Å². The molecule has 2 heterocycles. The summed E-state index contributed by atoms with van der Waals surface area (Å²) in [6, 6.07) is 6.45. The second kappa shape index (κ2) is 8.08. The van der Waals surface area contributed by atoms with E-state index in [4.69, 9.17) is 5.10 Å². The SMILES string of the molecule is CCNCC1CCN(C(=O)c2nn(-c3ccc(C)cc3C)c3c2CCC3)CC1. The molecule has 0 unspecified atom stereocenters. The van der Waals surface area contributed by atoms with Gasteiger partial charge in [0.05, 0.1) is 5.69 Å². The van der Waals surface area contributed by atoms with E-state index in [-0.39, 0.29) is 5.91 Å². The quantitative estimate of drug-likeness (QED) is 0.864. The van der Waals surface area contributed by atoms with Crippen molar-refractivity contribution < 1.29 is 4.79 Å². The molecule has 2 aromatic rings. The molecule has 0 atom stereocenters. The van der Waals surface area contributed by atoms with E-state index in [0.29, 0.717) is 11.6 Å². The van der Waals surface area contributed by atoms with E-state index in [0.717, 1.165) is 64.0 Å². The third-order valence-electron chi connectivity index (χ3n) is 6.30. The summed E-state index contributed by atoms with van der Waals surface area (Å²) in [5, 5.41) is 8.29. The maximum absolute atomic E-state index is 13.3. The molecule has 1 N–H and O–H groups in total. The number of fused-ring (bicyclic) bond motifs is 1. The molecule has 4 rings (SSSR count). The van der Waals surface area contributed by atoms with Crippen LogP contribution in [-0.4, -0.2) is 46.8 Å². The highest BCUT2D eigenvalue weighted by Crippen LogP contribution is 2.30. The molecule has 0 radical (unpaired) electrons. The van der Waals surface area contributed by atoms with Gasteiger partial charge in [0.25, 0.3) is 5.91 Å². The molecular weight excluding hydrogens is 348 g/mol. The molecule has 2 aliphatic rings. The van der Waals surface area contributed by atoms with Crippen molar-refractivity contribution in [2.45, 2.75) is 52.9 Å². The fraction of sp³-hybridized carbons (Fsp3) is 0.565. The van der Waals surface area contributed by atoms with Gasteiger partial charge >= 0.3 is 0 Å². The number of rotatable bonds is 5. The number of aromatic nitrogens is 2. The third-order valence-corrected chi connectivity index (χ3v) is 6.30. The second-order valence-corrected chi connectivity index (χ2v) is 8.37. The first kappa shape index (κ1) is 19.2. The molecule has 1 fully saturated rings. The van der Waals surface area contributed by atoms with Crippen LogP contribution >= 0.6 is 0 Å². The van der Waals surface area contributed by atoms with Gasteiger partial charge < -0.3 is 10.2 Å². The van der Waals surface area contributed by atoms with Crippen LogP contribution in [-0.2, 0) is 12.8 Å². The number of aryl methyl sites for hydroxylation is 2. The van der Waals surface area contributed by atoms with Crippen LogP contribution < -0.4 is 5.32 Å². The van der Waals surface area contributed by atoms with E-state index in [1.165, 1.54) is 22.4 Å². The smallest absolute Gasteiger partial charge is 0.274 e. The molecule has 1 amide bonds. The van der Waals surface area contributed by atoms with Crippen molar-refractivity contribution in [1.29, 1.82) is 0 Å². The predicted molar refractivity (Wildman–Crippen MR) is 112 cm³/mol. The van der Waals surface area contributed by atoms with Crippen LogP contribution in [0.15, 0.2) is 18.2 Å². The number of likely N-dealkylation sites (tertiary alicyclic amines) is 1. The number of amides is 1. The average molecular weight is 381 g/mol. The highest BCUT2D eigenvalue weighted by Gasteiger charge is 2.31. The Kier molecular flexibility index (Phi) is 5.54.